The zero-order chi connectivity index (χ0) is 18.9. The van der Waals surface area contributed by atoms with E-state index in [1.807, 2.05) is 30.3 Å². The van der Waals surface area contributed by atoms with Gasteiger partial charge in [0.25, 0.3) is 5.89 Å². The van der Waals surface area contributed by atoms with Crippen LogP contribution in [0.1, 0.15) is 18.7 Å². The quantitative estimate of drug-likeness (QED) is 0.647. The van der Waals surface area contributed by atoms with Crippen LogP contribution in [0.15, 0.2) is 64.0 Å². The summed E-state index contributed by atoms with van der Waals surface area (Å²) in [6.07, 6.45) is 1.94. The molecule has 0 saturated carbocycles. The average molecular weight is 404 g/mol. The Balaban J connectivity index is 1.56. The van der Waals surface area contributed by atoms with E-state index in [-0.39, 0.29) is 16.0 Å². The van der Waals surface area contributed by atoms with Crippen molar-refractivity contribution in [3.63, 3.8) is 0 Å². The molecular formula is C19H18ClN3O3S. The van der Waals surface area contributed by atoms with Gasteiger partial charge >= 0.3 is 0 Å². The van der Waals surface area contributed by atoms with Crippen LogP contribution in [0.2, 0.25) is 5.02 Å². The molecule has 2 heterocycles. The summed E-state index contributed by atoms with van der Waals surface area (Å²) >= 11 is 6.12. The predicted molar refractivity (Wildman–Crippen MR) is 102 cm³/mol. The number of sulfonamides is 1. The molecule has 0 aliphatic carbocycles. The van der Waals surface area contributed by atoms with Gasteiger partial charge in [0.1, 0.15) is 4.90 Å². The largest absolute Gasteiger partial charge is 0.334 e. The van der Waals surface area contributed by atoms with Crippen LogP contribution in [0.4, 0.5) is 0 Å². The summed E-state index contributed by atoms with van der Waals surface area (Å²) in [5, 5.41) is 4.26. The minimum absolute atomic E-state index is 0.136. The molecule has 1 aliphatic rings. The molecule has 6 nitrogen and oxygen atoms in total. The number of halogens is 1. The Labute approximate surface area is 162 Å². The van der Waals surface area contributed by atoms with Crippen LogP contribution in [0, 0.1) is 0 Å². The third kappa shape index (κ3) is 3.63. The smallest absolute Gasteiger partial charge is 0.257 e. The number of benzene rings is 2. The highest BCUT2D eigenvalue weighted by atomic mass is 35.5. The molecule has 0 N–H and O–H groups in total. The van der Waals surface area contributed by atoms with Crippen molar-refractivity contribution in [2.45, 2.75) is 30.2 Å². The molecule has 0 radical (unpaired) electrons. The topological polar surface area (TPSA) is 76.3 Å². The van der Waals surface area contributed by atoms with Crippen molar-refractivity contribution in [2.75, 3.05) is 6.54 Å². The number of rotatable bonds is 5. The first-order valence-electron chi connectivity index (χ1n) is 8.70. The fraction of sp³-hybridized carbons (Fsp3) is 0.263. The van der Waals surface area contributed by atoms with Gasteiger partial charge in [-0.2, -0.15) is 9.29 Å². The zero-order valence-electron chi connectivity index (χ0n) is 14.5. The molecule has 27 heavy (non-hydrogen) atoms. The van der Waals surface area contributed by atoms with Gasteiger partial charge in [-0.3, -0.25) is 0 Å². The van der Waals surface area contributed by atoms with Crippen molar-refractivity contribution in [1.82, 2.24) is 14.4 Å². The molecule has 140 valence electrons. The van der Waals surface area contributed by atoms with Gasteiger partial charge in [-0.15, -0.1) is 0 Å². The summed E-state index contributed by atoms with van der Waals surface area (Å²) in [4.78, 5) is 4.56. The van der Waals surface area contributed by atoms with E-state index in [0.717, 1.165) is 18.4 Å². The summed E-state index contributed by atoms with van der Waals surface area (Å²) in [5.41, 5.74) is 0.836. The molecule has 8 heteroatoms. The molecule has 1 unspecified atom stereocenters. The van der Waals surface area contributed by atoms with Crippen molar-refractivity contribution in [1.29, 1.82) is 0 Å². The lowest BCUT2D eigenvalue weighted by molar-refractivity contribution is 0.370. The van der Waals surface area contributed by atoms with Crippen LogP contribution in [0.5, 0.6) is 0 Å². The van der Waals surface area contributed by atoms with Gasteiger partial charge in [0, 0.05) is 24.6 Å². The van der Waals surface area contributed by atoms with E-state index < -0.39 is 10.0 Å². The summed E-state index contributed by atoms with van der Waals surface area (Å²) in [5.74, 6) is 0.934. The van der Waals surface area contributed by atoms with Gasteiger partial charge < -0.3 is 4.52 Å². The Kier molecular flexibility index (Phi) is 4.99. The first kappa shape index (κ1) is 18.2. The monoisotopic (exact) mass is 403 g/mol. The van der Waals surface area contributed by atoms with Gasteiger partial charge in [0.15, 0.2) is 5.82 Å². The maximum Gasteiger partial charge on any atom is 0.257 e. The van der Waals surface area contributed by atoms with E-state index in [0.29, 0.717) is 24.7 Å². The van der Waals surface area contributed by atoms with E-state index in [2.05, 4.69) is 10.1 Å². The predicted octanol–water partition coefficient (Wildman–Crippen LogP) is 3.79. The second kappa shape index (κ2) is 7.42. The van der Waals surface area contributed by atoms with E-state index >= 15 is 0 Å². The number of hydrogen-bond acceptors (Lipinski definition) is 5. The van der Waals surface area contributed by atoms with Crippen LogP contribution in [0.25, 0.3) is 11.5 Å². The summed E-state index contributed by atoms with van der Waals surface area (Å²) in [6.45, 7) is 0.460. The average Bonchev–Trinajstić information content (AvgIpc) is 3.33. The Morgan fingerprint density at radius 2 is 1.85 bits per heavy atom. The maximum atomic E-state index is 13.1. The molecule has 1 aliphatic heterocycles. The molecule has 1 saturated heterocycles. The highest BCUT2D eigenvalue weighted by Crippen LogP contribution is 2.31. The van der Waals surface area contributed by atoms with E-state index in [1.54, 1.807) is 18.2 Å². The molecule has 1 aromatic heterocycles. The van der Waals surface area contributed by atoms with Crippen molar-refractivity contribution in [3.05, 3.63) is 65.4 Å². The molecule has 2 aromatic carbocycles. The summed E-state index contributed by atoms with van der Waals surface area (Å²) < 4.78 is 33.0. The molecule has 0 bridgehead atoms. The minimum Gasteiger partial charge on any atom is -0.334 e. The van der Waals surface area contributed by atoms with E-state index in [4.69, 9.17) is 16.1 Å². The number of nitrogens with zero attached hydrogens (tertiary/aromatic N) is 3. The van der Waals surface area contributed by atoms with Crippen LogP contribution in [-0.4, -0.2) is 35.5 Å². The van der Waals surface area contributed by atoms with Gasteiger partial charge in [0.05, 0.1) is 5.02 Å². The maximum absolute atomic E-state index is 13.1. The zero-order valence-corrected chi connectivity index (χ0v) is 16.0. The van der Waals surface area contributed by atoms with E-state index in [1.165, 1.54) is 10.4 Å². The normalized spacial score (nSPS) is 18.0. The van der Waals surface area contributed by atoms with Gasteiger partial charge in [-0.05, 0) is 37.1 Å². The number of aromatic nitrogens is 2. The highest BCUT2D eigenvalue weighted by Gasteiger charge is 2.37. The standard InChI is InChI=1S/C19H18ClN3O3S/c20-16-10-4-5-11-17(16)27(24,25)23-12-6-9-15(23)13-18-21-19(26-22-18)14-7-2-1-3-8-14/h1-5,7-8,10-11,15H,6,9,12-13H2. The van der Waals surface area contributed by atoms with Crippen molar-refractivity contribution in [2.24, 2.45) is 0 Å². The Bertz CT molecular complexity index is 1040. The third-order valence-corrected chi connectivity index (χ3v) is 7.11. The molecule has 1 fully saturated rings. The molecule has 4 rings (SSSR count). The molecular weight excluding hydrogens is 386 g/mol. The molecule has 1 atom stereocenters. The Hall–Kier alpha value is -2.22. The number of hydrogen-bond donors (Lipinski definition) is 0. The first-order valence-corrected chi connectivity index (χ1v) is 10.5. The Morgan fingerprint density at radius 3 is 2.63 bits per heavy atom. The minimum atomic E-state index is -3.67. The van der Waals surface area contributed by atoms with Crippen molar-refractivity contribution >= 4 is 21.6 Å². The molecule has 0 spiro atoms. The highest BCUT2D eigenvalue weighted by molar-refractivity contribution is 7.89. The van der Waals surface area contributed by atoms with Crippen LogP contribution >= 0.6 is 11.6 Å². The van der Waals surface area contributed by atoms with E-state index in [9.17, 15) is 8.42 Å². The van der Waals surface area contributed by atoms with Crippen LogP contribution < -0.4 is 0 Å². The summed E-state index contributed by atoms with van der Waals surface area (Å²) in [6, 6.07) is 15.8. The molecule has 0 amide bonds. The van der Waals surface area contributed by atoms with Gasteiger partial charge in [-0.1, -0.05) is 47.1 Å². The van der Waals surface area contributed by atoms with Crippen molar-refractivity contribution < 1.29 is 12.9 Å². The fourth-order valence-electron chi connectivity index (χ4n) is 3.36. The lowest BCUT2D eigenvalue weighted by Gasteiger charge is -2.23. The first-order chi connectivity index (χ1) is 13.1. The lowest BCUT2D eigenvalue weighted by Crippen LogP contribution is -2.37. The fourth-order valence-corrected chi connectivity index (χ4v) is 5.54. The lowest BCUT2D eigenvalue weighted by atomic mass is 10.1. The third-order valence-electron chi connectivity index (χ3n) is 4.65. The molecule has 3 aromatic rings. The SMILES string of the molecule is O=S(=O)(c1ccccc1Cl)N1CCCC1Cc1noc(-c2ccccc2)n1. The second-order valence-corrected chi connectivity index (χ2v) is 8.69. The summed E-state index contributed by atoms with van der Waals surface area (Å²) in [7, 11) is -3.67. The van der Waals surface area contributed by atoms with Gasteiger partial charge in [0.2, 0.25) is 10.0 Å². The Morgan fingerprint density at radius 1 is 1.11 bits per heavy atom. The second-order valence-electron chi connectivity index (χ2n) is 6.43. The van der Waals surface area contributed by atoms with Crippen molar-refractivity contribution in [3.8, 4) is 11.5 Å². The van der Waals surface area contributed by atoms with Gasteiger partial charge in [-0.25, -0.2) is 8.42 Å². The van der Waals surface area contributed by atoms with Crippen LogP contribution in [0.3, 0.4) is 0 Å². The van der Waals surface area contributed by atoms with Crippen LogP contribution in [-0.2, 0) is 16.4 Å².